The van der Waals surface area contributed by atoms with Crippen molar-refractivity contribution in [1.82, 2.24) is 4.90 Å². The van der Waals surface area contributed by atoms with Gasteiger partial charge in [0.15, 0.2) is 0 Å². The SMILES string of the molecule is COC(=O)c1ccc(NC2=CC(=O)N(CCO)C2=O)c(C(=O)O)c1. The molecule has 1 aliphatic rings. The van der Waals surface area contributed by atoms with Gasteiger partial charge in [-0.15, -0.1) is 0 Å². The number of esters is 1. The molecule has 0 atom stereocenters. The van der Waals surface area contributed by atoms with Gasteiger partial charge in [-0.05, 0) is 18.2 Å². The summed E-state index contributed by atoms with van der Waals surface area (Å²) in [6, 6.07) is 3.72. The van der Waals surface area contributed by atoms with Crippen LogP contribution in [0.2, 0.25) is 0 Å². The van der Waals surface area contributed by atoms with Gasteiger partial charge in [-0.3, -0.25) is 14.5 Å². The predicted octanol–water partition coefficient (Wildman–Crippen LogP) is -0.172. The standard InChI is InChI=1S/C15H14N2O7/c1-24-15(23)8-2-3-10(9(6-8)14(21)22)16-11-7-12(19)17(4-5-18)13(11)20/h2-3,6-7,16,18H,4-5H2,1H3,(H,21,22). The van der Waals surface area contributed by atoms with Crippen LogP contribution in [0.25, 0.3) is 0 Å². The number of ether oxygens (including phenoxy) is 1. The fraction of sp³-hybridized carbons (Fsp3) is 0.200. The minimum Gasteiger partial charge on any atom is -0.478 e. The zero-order valence-corrected chi connectivity index (χ0v) is 12.6. The molecule has 2 rings (SSSR count). The third-order valence-electron chi connectivity index (χ3n) is 3.27. The molecule has 1 heterocycles. The second-order valence-corrected chi connectivity index (χ2v) is 4.76. The first-order valence-corrected chi connectivity index (χ1v) is 6.80. The summed E-state index contributed by atoms with van der Waals surface area (Å²) in [5.41, 5.74) is -0.319. The topological polar surface area (TPSA) is 133 Å². The van der Waals surface area contributed by atoms with Gasteiger partial charge in [-0.2, -0.15) is 0 Å². The van der Waals surface area contributed by atoms with Crippen molar-refractivity contribution in [2.75, 3.05) is 25.6 Å². The molecule has 0 saturated heterocycles. The van der Waals surface area contributed by atoms with Crippen molar-refractivity contribution in [2.24, 2.45) is 0 Å². The first-order chi connectivity index (χ1) is 11.4. The number of carboxylic acid groups (broad SMARTS) is 1. The Morgan fingerprint density at radius 1 is 1.29 bits per heavy atom. The van der Waals surface area contributed by atoms with E-state index in [2.05, 4.69) is 10.1 Å². The molecule has 0 bridgehead atoms. The molecule has 0 aliphatic carbocycles. The van der Waals surface area contributed by atoms with Gasteiger partial charge in [0.2, 0.25) is 0 Å². The van der Waals surface area contributed by atoms with Crippen LogP contribution >= 0.6 is 0 Å². The van der Waals surface area contributed by atoms with E-state index < -0.39 is 23.8 Å². The van der Waals surface area contributed by atoms with E-state index in [9.17, 15) is 24.3 Å². The number of aliphatic hydroxyl groups is 1. The molecule has 0 saturated carbocycles. The first-order valence-electron chi connectivity index (χ1n) is 6.80. The number of anilines is 1. The highest BCUT2D eigenvalue weighted by Crippen LogP contribution is 2.22. The Morgan fingerprint density at radius 3 is 2.58 bits per heavy atom. The number of hydrogen-bond acceptors (Lipinski definition) is 7. The number of methoxy groups -OCH3 is 1. The largest absolute Gasteiger partial charge is 0.478 e. The van der Waals surface area contributed by atoms with E-state index >= 15 is 0 Å². The number of carboxylic acids is 1. The molecule has 1 aliphatic heterocycles. The van der Waals surface area contributed by atoms with Crippen molar-refractivity contribution < 1.29 is 34.1 Å². The molecular weight excluding hydrogens is 320 g/mol. The summed E-state index contributed by atoms with van der Waals surface area (Å²) in [4.78, 5) is 47.4. The summed E-state index contributed by atoms with van der Waals surface area (Å²) in [5, 5.41) is 20.7. The van der Waals surface area contributed by atoms with Crippen molar-refractivity contribution in [2.45, 2.75) is 0 Å². The summed E-state index contributed by atoms with van der Waals surface area (Å²) in [6.07, 6.45) is 1.01. The monoisotopic (exact) mass is 334 g/mol. The van der Waals surface area contributed by atoms with E-state index in [4.69, 9.17) is 5.11 Å². The Labute approximate surface area is 136 Å². The minimum absolute atomic E-state index is 0.0326. The number of rotatable bonds is 6. The molecule has 9 nitrogen and oxygen atoms in total. The average Bonchev–Trinajstić information content (AvgIpc) is 2.82. The molecule has 0 spiro atoms. The number of aromatic carboxylic acids is 1. The number of aliphatic hydroxyl groups excluding tert-OH is 1. The van der Waals surface area contributed by atoms with Crippen molar-refractivity contribution in [3.8, 4) is 0 Å². The van der Waals surface area contributed by atoms with Crippen LogP contribution in [0.1, 0.15) is 20.7 Å². The summed E-state index contributed by atoms with van der Waals surface area (Å²) < 4.78 is 4.52. The molecule has 1 aromatic rings. The fourth-order valence-corrected chi connectivity index (χ4v) is 2.13. The van der Waals surface area contributed by atoms with E-state index in [0.29, 0.717) is 0 Å². The van der Waals surface area contributed by atoms with Crippen LogP contribution in [0.15, 0.2) is 30.0 Å². The average molecular weight is 334 g/mol. The number of imide groups is 1. The second-order valence-electron chi connectivity index (χ2n) is 4.76. The predicted molar refractivity (Wildman–Crippen MR) is 80.3 cm³/mol. The lowest BCUT2D eigenvalue weighted by molar-refractivity contribution is -0.137. The van der Waals surface area contributed by atoms with Crippen molar-refractivity contribution >= 4 is 29.4 Å². The lowest BCUT2D eigenvalue weighted by Gasteiger charge is -2.14. The second kappa shape index (κ2) is 6.92. The maximum atomic E-state index is 12.1. The molecule has 9 heteroatoms. The van der Waals surface area contributed by atoms with E-state index in [0.717, 1.165) is 24.2 Å². The Kier molecular flexibility index (Phi) is 4.95. The van der Waals surface area contributed by atoms with Gasteiger partial charge in [0, 0.05) is 6.08 Å². The Hall–Kier alpha value is -3.20. The molecule has 0 radical (unpaired) electrons. The lowest BCUT2D eigenvalue weighted by atomic mass is 10.1. The van der Waals surface area contributed by atoms with Gasteiger partial charge < -0.3 is 20.3 Å². The third-order valence-corrected chi connectivity index (χ3v) is 3.27. The number of carbonyl (C=O) groups excluding carboxylic acids is 3. The molecule has 3 N–H and O–H groups in total. The summed E-state index contributed by atoms with van der Waals surface area (Å²) in [6.45, 7) is -0.542. The highest BCUT2D eigenvalue weighted by Gasteiger charge is 2.31. The normalized spacial score (nSPS) is 13.8. The van der Waals surface area contributed by atoms with Crippen molar-refractivity contribution in [1.29, 1.82) is 0 Å². The Morgan fingerprint density at radius 2 is 2.00 bits per heavy atom. The van der Waals surface area contributed by atoms with E-state index in [-0.39, 0.29) is 35.7 Å². The van der Waals surface area contributed by atoms with Crippen LogP contribution < -0.4 is 5.32 Å². The van der Waals surface area contributed by atoms with Gasteiger partial charge in [0.1, 0.15) is 5.70 Å². The number of nitrogens with one attached hydrogen (secondary N) is 1. The molecular formula is C15H14N2O7. The van der Waals surface area contributed by atoms with Crippen LogP contribution in [-0.2, 0) is 14.3 Å². The van der Waals surface area contributed by atoms with Gasteiger partial charge in [0.05, 0.1) is 37.1 Å². The maximum Gasteiger partial charge on any atom is 0.337 e. The number of carbonyl (C=O) groups is 4. The molecule has 2 amide bonds. The number of β-amino-alcohol motifs (C(OH)–C–C–N with tert-alkyl or cyclic N) is 1. The van der Waals surface area contributed by atoms with E-state index in [1.165, 1.54) is 12.1 Å². The highest BCUT2D eigenvalue weighted by molar-refractivity contribution is 6.17. The first kappa shape index (κ1) is 17.2. The maximum absolute atomic E-state index is 12.1. The molecule has 1 aromatic carbocycles. The van der Waals surface area contributed by atoms with Crippen LogP contribution in [0, 0.1) is 0 Å². The molecule has 24 heavy (non-hydrogen) atoms. The molecule has 126 valence electrons. The number of amides is 2. The van der Waals surface area contributed by atoms with Gasteiger partial charge in [-0.25, -0.2) is 9.59 Å². The smallest absolute Gasteiger partial charge is 0.337 e. The zero-order valence-electron chi connectivity index (χ0n) is 12.6. The van der Waals surface area contributed by atoms with Gasteiger partial charge in [0.25, 0.3) is 11.8 Å². The molecule has 0 aromatic heterocycles. The zero-order chi connectivity index (χ0) is 17.9. The van der Waals surface area contributed by atoms with Gasteiger partial charge >= 0.3 is 11.9 Å². The van der Waals surface area contributed by atoms with Crippen LogP contribution in [0.4, 0.5) is 5.69 Å². The summed E-state index contributed by atoms with van der Waals surface area (Å²) in [5.74, 6) is -3.32. The third kappa shape index (κ3) is 3.25. The van der Waals surface area contributed by atoms with Crippen LogP contribution in [-0.4, -0.2) is 59.1 Å². The highest BCUT2D eigenvalue weighted by atomic mass is 16.5. The minimum atomic E-state index is -1.33. The Bertz CT molecular complexity index is 754. The molecule has 0 unspecified atom stereocenters. The number of nitrogens with zero attached hydrogens (tertiary/aromatic N) is 1. The van der Waals surface area contributed by atoms with Crippen molar-refractivity contribution in [3.63, 3.8) is 0 Å². The van der Waals surface area contributed by atoms with Crippen LogP contribution in [0.5, 0.6) is 0 Å². The van der Waals surface area contributed by atoms with E-state index in [1.807, 2.05) is 0 Å². The molecule has 0 fully saturated rings. The van der Waals surface area contributed by atoms with Crippen LogP contribution in [0.3, 0.4) is 0 Å². The number of benzene rings is 1. The fourth-order valence-electron chi connectivity index (χ4n) is 2.13. The summed E-state index contributed by atoms with van der Waals surface area (Å²) >= 11 is 0. The Balaban J connectivity index is 2.32. The van der Waals surface area contributed by atoms with Gasteiger partial charge in [-0.1, -0.05) is 0 Å². The lowest BCUT2D eigenvalue weighted by Crippen LogP contribution is -2.34. The van der Waals surface area contributed by atoms with Crippen molar-refractivity contribution in [3.05, 3.63) is 41.1 Å². The number of hydrogen-bond donors (Lipinski definition) is 3. The summed E-state index contributed by atoms with van der Waals surface area (Å²) in [7, 11) is 1.16. The van der Waals surface area contributed by atoms with E-state index in [1.54, 1.807) is 0 Å². The quantitative estimate of drug-likeness (QED) is 0.482.